The van der Waals surface area contributed by atoms with Crippen LogP contribution >= 0.6 is 10.7 Å². The molecule has 0 aromatic heterocycles. The zero-order chi connectivity index (χ0) is 7.71. The molecule has 10 heavy (non-hydrogen) atoms. The SMILES string of the molecule is O=S(=O)(O)OS(=O)(=O)Cl.[SiH4]. The molecule has 0 unspecified atom stereocenters. The minimum Gasteiger partial charge on any atom is -0.263 e. The van der Waals surface area contributed by atoms with Crippen LogP contribution in [0.4, 0.5) is 0 Å². The molecule has 0 rings (SSSR count). The molecule has 6 nitrogen and oxygen atoms in total. The van der Waals surface area contributed by atoms with Gasteiger partial charge in [0, 0.05) is 0 Å². The van der Waals surface area contributed by atoms with Crippen LogP contribution in [0.25, 0.3) is 0 Å². The second-order valence-corrected chi connectivity index (χ2v) is 4.21. The maximum absolute atomic E-state index is 9.65. The molecule has 0 aromatic carbocycles. The molecular formula is H5ClO6S2Si. The summed E-state index contributed by atoms with van der Waals surface area (Å²) in [7, 11) is -5.42. The Morgan fingerprint density at radius 2 is 1.50 bits per heavy atom. The van der Waals surface area contributed by atoms with Crippen molar-refractivity contribution in [1.82, 2.24) is 0 Å². The minimum atomic E-state index is -5.00. The Morgan fingerprint density at radius 1 is 1.20 bits per heavy atom. The average Bonchev–Trinajstić information content (AvgIpc) is 1.14. The summed E-state index contributed by atoms with van der Waals surface area (Å²) in [5, 5.41) is 0. The second kappa shape index (κ2) is 3.64. The number of hydrogen-bond donors (Lipinski definition) is 1. The average molecular weight is 229 g/mol. The summed E-state index contributed by atoms with van der Waals surface area (Å²) in [6, 6.07) is 0. The van der Waals surface area contributed by atoms with Gasteiger partial charge in [-0.1, -0.05) is 0 Å². The molecule has 0 spiro atoms. The van der Waals surface area contributed by atoms with E-state index in [1.165, 1.54) is 0 Å². The highest BCUT2D eigenvalue weighted by atomic mass is 35.7. The van der Waals surface area contributed by atoms with Crippen LogP contribution in [-0.2, 0) is 23.4 Å². The van der Waals surface area contributed by atoms with Crippen molar-refractivity contribution in [3.8, 4) is 0 Å². The van der Waals surface area contributed by atoms with Crippen LogP contribution in [-0.4, -0.2) is 32.4 Å². The van der Waals surface area contributed by atoms with E-state index in [1.807, 2.05) is 0 Å². The molecule has 0 saturated carbocycles. The van der Waals surface area contributed by atoms with Gasteiger partial charge in [0.25, 0.3) is 0 Å². The molecule has 0 aromatic rings. The lowest BCUT2D eigenvalue weighted by Crippen LogP contribution is -2.06. The zero-order valence-corrected chi connectivity index (χ0v) is 6.07. The van der Waals surface area contributed by atoms with Gasteiger partial charge in [-0.2, -0.15) is 16.8 Å². The maximum atomic E-state index is 9.65. The molecular weight excluding hydrogens is 224 g/mol. The number of hydrogen-bond acceptors (Lipinski definition) is 5. The molecule has 0 radical (unpaired) electrons. The quantitative estimate of drug-likeness (QED) is 0.328. The summed E-state index contributed by atoms with van der Waals surface area (Å²) in [6.45, 7) is 0. The third-order valence-corrected chi connectivity index (χ3v) is 1.97. The lowest BCUT2D eigenvalue weighted by Gasteiger charge is -1.88. The molecule has 0 amide bonds. The van der Waals surface area contributed by atoms with Gasteiger partial charge in [0.05, 0.1) is 10.7 Å². The second-order valence-electron chi connectivity index (χ2n) is 0.889. The van der Waals surface area contributed by atoms with Crippen LogP contribution in [0.5, 0.6) is 0 Å². The highest BCUT2D eigenvalue weighted by Crippen LogP contribution is 2.01. The van der Waals surface area contributed by atoms with E-state index in [1.54, 1.807) is 0 Å². The van der Waals surface area contributed by atoms with E-state index in [4.69, 9.17) is 4.55 Å². The smallest absolute Gasteiger partial charge is 0.263 e. The molecule has 0 heterocycles. The summed E-state index contributed by atoms with van der Waals surface area (Å²) in [5.41, 5.74) is 0. The van der Waals surface area contributed by atoms with Crippen molar-refractivity contribution < 1.29 is 25.0 Å². The van der Waals surface area contributed by atoms with Crippen molar-refractivity contribution in [2.75, 3.05) is 0 Å². The van der Waals surface area contributed by atoms with Crippen molar-refractivity contribution in [3.63, 3.8) is 0 Å². The van der Waals surface area contributed by atoms with E-state index in [0.29, 0.717) is 0 Å². The predicted molar refractivity (Wildman–Crippen MR) is 38.7 cm³/mol. The van der Waals surface area contributed by atoms with Gasteiger partial charge in [0.15, 0.2) is 0 Å². The Bertz CT molecular complexity index is 241. The summed E-state index contributed by atoms with van der Waals surface area (Å²) >= 11 is 0. The Morgan fingerprint density at radius 3 is 1.50 bits per heavy atom. The third-order valence-electron chi connectivity index (χ3n) is 0.167. The van der Waals surface area contributed by atoms with Crippen LogP contribution in [0.15, 0.2) is 0 Å². The van der Waals surface area contributed by atoms with Crippen LogP contribution in [0.1, 0.15) is 0 Å². The lowest BCUT2D eigenvalue weighted by atomic mass is 15.8. The van der Waals surface area contributed by atoms with E-state index in [0.717, 1.165) is 0 Å². The first-order chi connectivity index (χ1) is 3.71. The summed E-state index contributed by atoms with van der Waals surface area (Å²) in [4.78, 5) is 0. The summed E-state index contributed by atoms with van der Waals surface area (Å²) in [5.74, 6) is 0. The molecule has 1 N–H and O–H groups in total. The van der Waals surface area contributed by atoms with Crippen molar-refractivity contribution in [2.45, 2.75) is 0 Å². The van der Waals surface area contributed by atoms with Crippen LogP contribution in [0.2, 0.25) is 0 Å². The largest absolute Gasteiger partial charge is 0.412 e. The van der Waals surface area contributed by atoms with E-state index in [9.17, 15) is 16.8 Å². The van der Waals surface area contributed by atoms with E-state index in [-0.39, 0.29) is 11.0 Å². The van der Waals surface area contributed by atoms with Crippen molar-refractivity contribution in [1.29, 1.82) is 0 Å². The summed E-state index contributed by atoms with van der Waals surface area (Å²) in [6.07, 6.45) is 0. The fourth-order valence-corrected chi connectivity index (χ4v) is 1.51. The van der Waals surface area contributed by atoms with Gasteiger partial charge in [-0.15, -0.1) is 3.63 Å². The van der Waals surface area contributed by atoms with Crippen molar-refractivity contribution in [2.24, 2.45) is 0 Å². The molecule has 10 heteroatoms. The number of halogens is 1. The first-order valence-electron chi connectivity index (χ1n) is 1.34. The molecule has 0 aliphatic carbocycles. The Kier molecular flexibility index (Phi) is 4.72. The number of rotatable bonds is 2. The van der Waals surface area contributed by atoms with Crippen LogP contribution in [0.3, 0.4) is 0 Å². The first kappa shape index (κ1) is 13.0. The van der Waals surface area contributed by atoms with Gasteiger partial charge in [-0.25, -0.2) is 0 Å². The van der Waals surface area contributed by atoms with E-state index in [2.05, 4.69) is 14.3 Å². The van der Waals surface area contributed by atoms with E-state index < -0.39 is 19.7 Å². The zero-order valence-electron chi connectivity index (χ0n) is 3.68. The fraction of sp³-hybridized carbons (Fsp3) is 0. The first-order valence-corrected chi connectivity index (χ1v) is 4.94. The van der Waals surface area contributed by atoms with Crippen molar-refractivity contribution >= 4 is 41.4 Å². The topological polar surface area (TPSA) is 97.7 Å². The highest BCUT2D eigenvalue weighted by molar-refractivity contribution is 8.14. The van der Waals surface area contributed by atoms with Gasteiger partial charge < -0.3 is 0 Å². The Hall–Kier alpha value is 0.327. The van der Waals surface area contributed by atoms with Gasteiger partial charge in [0.1, 0.15) is 0 Å². The van der Waals surface area contributed by atoms with Gasteiger partial charge >= 0.3 is 19.7 Å². The third kappa shape index (κ3) is 11.2. The lowest BCUT2D eigenvalue weighted by molar-refractivity contribution is 0.389. The molecule has 0 bridgehead atoms. The maximum Gasteiger partial charge on any atom is 0.412 e. The Labute approximate surface area is 66.7 Å². The van der Waals surface area contributed by atoms with Gasteiger partial charge in [-0.3, -0.25) is 4.55 Å². The van der Waals surface area contributed by atoms with Crippen LogP contribution < -0.4 is 0 Å². The predicted octanol–water partition coefficient (Wildman–Crippen LogP) is -2.16. The van der Waals surface area contributed by atoms with Gasteiger partial charge in [-0.05, 0) is 11.0 Å². The molecule has 0 aliphatic rings. The standard InChI is InChI=1S/ClHO6S2.H4Si/c1-8(2,3)7-9(4,5)6;/h(H,4,5,6);1H4. The molecule has 0 fully saturated rings. The monoisotopic (exact) mass is 228 g/mol. The van der Waals surface area contributed by atoms with Crippen LogP contribution in [0, 0.1) is 0 Å². The minimum absolute atomic E-state index is 0. The van der Waals surface area contributed by atoms with Gasteiger partial charge in [0.2, 0.25) is 0 Å². The molecule has 64 valence electrons. The molecule has 0 aliphatic heterocycles. The highest BCUT2D eigenvalue weighted by Gasteiger charge is 2.16. The Balaban J connectivity index is 0. The molecule has 0 atom stereocenters. The van der Waals surface area contributed by atoms with E-state index >= 15 is 0 Å². The normalized spacial score (nSPS) is 12.2. The fourth-order valence-electron chi connectivity index (χ4n) is 0.103. The van der Waals surface area contributed by atoms with Crippen molar-refractivity contribution in [3.05, 3.63) is 0 Å². The summed E-state index contributed by atoms with van der Waals surface area (Å²) < 4.78 is 48.9. The molecule has 0 saturated heterocycles.